The molecular weight excluding hydrogens is 273 g/mol. The maximum Gasteiger partial charge on any atom is 0.274 e. The Morgan fingerprint density at radius 1 is 1.24 bits per heavy atom. The quantitative estimate of drug-likeness (QED) is 0.511. The molecule has 3 N–H and O–H groups in total. The van der Waals surface area contributed by atoms with Crippen LogP contribution >= 0.6 is 0 Å². The number of fused-ring (bicyclic) bond motifs is 1. The molecule has 0 aliphatic carbocycles. The van der Waals surface area contributed by atoms with Crippen LogP contribution in [-0.4, -0.2) is 21.1 Å². The molecule has 0 radical (unpaired) electrons. The number of nitrogens with one attached hydrogen (secondary N) is 2. The van der Waals surface area contributed by atoms with Crippen LogP contribution in [0.15, 0.2) is 42.5 Å². The average molecular weight is 285 g/mol. The van der Waals surface area contributed by atoms with Crippen molar-refractivity contribution in [3.05, 3.63) is 65.2 Å². The SMILES string of the molecule is O=C(NO)c1ccc2nc(Cc3ccc(F)cc3)[nH]c2c1. The number of hydrogen-bond donors (Lipinski definition) is 3. The number of benzene rings is 2. The Kier molecular flexibility index (Phi) is 3.37. The van der Waals surface area contributed by atoms with Crippen LogP contribution in [-0.2, 0) is 6.42 Å². The number of amides is 1. The molecule has 2 aromatic carbocycles. The second kappa shape index (κ2) is 5.34. The van der Waals surface area contributed by atoms with Gasteiger partial charge in [-0.3, -0.25) is 10.0 Å². The summed E-state index contributed by atoms with van der Waals surface area (Å²) in [6.07, 6.45) is 0.538. The number of halogens is 1. The number of rotatable bonds is 3. The van der Waals surface area contributed by atoms with E-state index in [1.807, 2.05) is 0 Å². The Hall–Kier alpha value is -2.73. The van der Waals surface area contributed by atoms with Crippen molar-refractivity contribution in [3.8, 4) is 0 Å². The maximum atomic E-state index is 12.9. The van der Waals surface area contributed by atoms with Gasteiger partial charge in [-0.1, -0.05) is 12.1 Å². The van der Waals surface area contributed by atoms with Crippen molar-refractivity contribution in [2.24, 2.45) is 0 Å². The van der Waals surface area contributed by atoms with Crippen LogP contribution in [0, 0.1) is 5.82 Å². The molecule has 3 aromatic rings. The molecule has 1 amide bonds. The van der Waals surface area contributed by atoms with Crippen molar-refractivity contribution in [1.82, 2.24) is 15.4 Å². The number of hydrogen-bond acceptors (Lipinski definition) is 3. The fourth-order valence-electron chi connectivity index (χ4n) is 2.15. The molecule has 5 nitrogen and oxygen atoms in total. The largest absolute Gasteiger partial charge is 0.342 e. The highest BCUT2D eigenvalue weighted by Crippen LogP contribution is 2.16. The van der Waals surface area contributed by atoms with E-state index < -0.39 is 5.91 Å². The number of carbonyl (C=O) groups is 1. The molecule has 3 rings (SSSR count). The molecule has 21 heavy (non-hydrogen) atoms. The maximum absolute atomic E-state index is 12.9. The summed E-state index contributed by atoms with van der Waals surface area (Å²) in [6.45, 7) is 0. The van der Waals surface area contributed by atoms with Gasteiger partial charge in [0.2, 0.25) is 0 Å². The van der Waals surface area contributed by atoms with Crippen LogP contribution in [0.25, 0.3) is 11.0 Å². The monoisotopic (exact) mass is 285 g/mol. The van der Waals surface area contributed by atoms with Gasteiger partial charge >= 0.3 is 0 Å². The van der Waals surface area contributed by atoms with Crippen LogP contribution < -0.4 is 5.48 Å². The molecule has 1 aromatic heterocycles. The van der Waals surface area contributed by atoms with E-state index in [-0.39, 0.29) is 5.82 Å². The fraction of sp³-hybridized carbons (Fsp3) is 0.0667. The number of imidazole rings is 1. The molecule has 0 fully saturated rings. The summed E-state index contributed by atoms with van der Waals surface area (Å²) in [6, 6.07) is 11.1. The number of hydroxylamine groups is 1. The smallest absolute Gasteiger partial charge is 0.274 e. The Morgan fingerprint density at radius 2 is 2.00 bits per heavy atom. The van der Waals surface area contributed by atoms with Gasteiger partial charge in [0.05, 0.1) is 11.0 Å². The van der Waals surface area contributed by atoms with Crippen molar-refractivity contribution in [1.29, 1.82) is 0 Å². The van der Waals surface area contributed by atoms with Crippen LogP contribution in [0.5, 0.6) is 0 Å². The number of H-pyrrole nitrogens is 1. The zero-order valence-electron chi connectivity index (χ0n) is 10.9. The normalized spacial score (nSPS) is 10.8. The lowest BCUT2D eigenvalue weighted by Gasteiger charge is -1.97. The minimum absolute atomic E-state index is 0.275. The molecule has 6 heteroatoms. The Morgan fingerprint density at radius 3 is 2.71 bits per heavy atom. The Labute approximate surface area is 119 Å². The lowest BCUT2D eigenvalue weighted by molar-refractivity contribution is 0.0706. The first-order chi connectivity index (χ1) is 10.2. The van der Waals surface area contributed by atoms with E-state index in [9.17, 15) is 9.18 Å². The first kappa shape index (κ1) is 13.3. The first-order valence-electron chi connectivity index (χ1n) is 6.33. The van der Waals surface area contributed by atoms with Crippen LogP contribution in [0.1, 0.15) is 21.7 Å². The summed E-state index contributed by atoms with van der Waals surface area (Å²) in [5.74, 6) is -0.132. The summed E-state index contributed by atoms with van der Waals surface area (Å²) >= 11 is 0. The summed E-state index contributed by atoms with van der Waals surface area (Å²) in [7, 11) is 0. The summed E-state index contributed by atoms with van der Waals surface area (Å²) in [4.78, 5) is 18.9. The molecule has 0 aliphatic heterocycles. The molecule has 0 bridgehead atoms. The topological polar surface area (TPSA) is 78.0 Å². The minimum Gasteiger partial charge on any atom is -0.342 e. The highest BCUT2D eigenvalue weighted by molar-refractivity contribution is 5.96. The molecule has 0 atom stereocenters. The highest BCUT2D eigenvalue weighted by Gasteiger charge is 2.08. The van der Waals surface area contributed by atoms with E-state index >= 15 is 0 Å². The third-order valence-corrected chi connectivity index (χ3v) is 3.18. The number of carbonyl (C=O) groups excluding carboxylic acids is 1. The van der Waals surface area contributed by atoms with Crippen molar-refractivity contribution < 1.29 is 14.4 Å². The molecule has 0 unspecified atom stereocenters. The summed E-state index contributed by atoms with van der Waals surface area (Å²) in [5.41, 5.74) is 4.28. The second-order valence-corrected chi connectivity index (χ2v) is 4.66. The fourth-order valence-corrected chi connectivity index (χ4v) is 2.15. The molecule has 0 saturated carbocycles. The summed E-state index contributed by atoms with van der Waals surface area (Å²) < 4.78 is 12.9. The van der Waals surface area contributed by atoms with Crippen LogP contribution in [0.4, 0.5) is 4.39 Å². The van der Waals surface area contributed by atoms with Gasteiger partial charge in [0.25, 0.3) is 5.91 Å². The van der Waals surface area contributed by atoms with Gasteiger partial charge in [0.15, 0.2) is 0 Å². The predicted octanol–water partition coefficient (Wildman–Crippen LogP) is 2.41. The van der Waals surface area contributed by atoms with Gasteiger partial charge in [0, 0.05) is 12.0 Å². The van der Waals surface area contributed by atoms with Crippen LogP contribution in [0.2, 0.25) is 0 Å². The van der Waals surface area contributed by atoms with Gasteiger partial charge < -0.3 is 4.98 Å². The third kappa shape index (κ3) is 2.75. The lowest BCUT2D eigenvalue weighted by atomic mass is 10.1. The molecule has 106 valence electrons. The predicted molar refractivity (Wildman–Crippen MR) is 74.6 cm³/mol. The van der Waals surface area contributed by atoms with E-state index in [4.69, 9.17) is 5.21 Å². The standard InChI is InChI=1S/C15H12FN3O2/c16-11-4-1-9(2-5-11)7-14-17-12-6-3-10(15(20)19-21)8-13(12)18-14/h1-6,8,21H,7H2,(H,17,18)(H,19,20). The molecule has 0 aliphatic rings. The minimum atomic E-state index is -0.577. The van der Waals surface area contributed by atoms with Crippen LogP contribution in [0.3, 0.4) is 0 Å². The van der Waals surface area contributed by atoms with E-state index in [1.54, 1.807) is 35.8 Å². The zero-order valence-corrected chi connectivity index (χ0v) is 10.9. The average Bonchev–Trinajstić information content (AvgIpc) is 2.90. The number of aromatic amines is 1. The third-order valence-electron chi connectivity index (χ3n) is 3.18. The molecule has 1 heterocycles. The highest BCUT2D eigenvalue weighted by atomic mass is 19.1. The van der Waals surface area contributed by atoms with Gasteiger partial charge in [0.1, 0.15) is 11.6 Å². The van der Waals surface area contributed by atoms with Crippen molar-refractivity contribution in [2.75, 3.05) is 0 Å². The lowest BCUT2D eigenvalue weighted by Crippen LogP contribution is -2.18. The van der Waals surface area contributed by atoms with E-state index in [2.05, 4.69) is 9.97 Å². The van der Waals surface area contributed by atoms with Gasteiger partial charge in [-0.25, -0.2) is 14.9 Å². The number of aromatic nitrogens is 2. The van der Waals surface area contributed by atoms with Gasteiger partial charge in [-0.15, -0.1) is 0 Å². The van der Waals surface area contributed by atoms with Gasteiger partial charge in [-0.05, 0) is 35.9 Å². The molecular formula is C15H12FN3O2. The Balaban J connectivity index is 1.90. The first-order valence-corrected chi connectivity index (χ1v) is 6.33. The number of nitrogens with zero attached hydrogens (tertiary/aromatic N) is 1. The van der Waals surface area contributed by atoms with Crippen molar-refractivity contribution in [2.45, 2.75) is 6.42 Å². The second-order valence-electron chi connectivity index (χ2n) is 4.66. The molecule has 0 saturated heterocycles. The van der Waals surface area contributed by atoms with Crippen molar-refractivity contribution >= 4 is 16.9 Å². The summed E-state index contributed by atoms with van der Waals surface area (Å²) in [5, 5.41) is 8.63. The van der Waals surface area contributed by atoms with E-state index in [0.717, 1.165) is 16.9 Å². The van der Waals surface area contributed by atoms with E-state index in [1.165, 1.54) is 12.1 Å². The zero-order chi connectivity index (χ0) is 14.8. The van der Waals surface area contributed by atoms with Gasteiger partial charge in [-0.2, -0.15) is 0 Å². The molecule has 0 spiro atoms. The Bertz CT molecular complexity index is 796. The van der Waals surface area contributed by atoms with Crippen molar-refractivity contribution in [3.63, 3.8) is 0 Å². The van der Waals surface area contributed by atoms with E-state index in [0.29, 0.717) is 17.5 Å².